The summed E-state index contributed by atoms with van der Waals surface area (Å²) in [6, 6.07) is 15.7. The van der Waals surface area contributed by atoms with Gasteiger partial charge >= 0.3 is 5.97 Å². The predicted octanol–water partition coefficient (Wildman–Crippen LogP) is 5.05. The first-order valence-corrected chi connectivity index (χ1v) is 11.3. The van der Waals surface area contributed by atoms with Gasteiger partial charge in [-0.3, -0.25) is 4.68 Å². The normalized spacial score (nSPS) is 10.8. The van der Waals surface area contributed by atoms with Crippen molar-refractivity contribution in [2.24, 2.45) is 0 Å². The molecule has 0 spiro atoms. The van der Waals surface area contributed by atoms with Crippen LogP contribution in [0.2, 0.25) is 0 Å². The van der Waals surface area contributed by atoms with Gasteiger partial charge in [0, 0.05) is 5.38 Å². The summed E-state index contributed by atoms with van der Waals surface area (Å²) < 4.78 is 18.3. The summed E-state index contributed by atoms with van der Waals surface area (Å²) in [4.78, 5) is 17.5. The second-order valence-corrected chi connectivity index (χ2v) is 8.31. The Morgan fingerprint density at radius 3 is 2.55 bits per heavy atom. The Labute approximate surface area is 196 Å². The summed E-state index contributed by atoms with van der Waals surface area (Å²) in [5, 5.41) is 7.18. The summed E-state index contributed by atoms with van der Waals surface area (Å²) in [6.07, 6.45) is 0. The van der Waals surface area contributed by atoms with Gasteiger partial charge in [0.25, 0.3) is 0 Å². The Kier molecular flexibility index (Phi) is 6.74. The van der Waals surface area contributed by atoms with Crippen molar-refractivity contribution >= 4 is 17.3 Å². The minimum atomic E-state index is -0.405. The number of methoxy groups -OCH3 is 2. The fourth-order valence-electron chi connectivity index (χ4n) is 3.67. The van der Waals surface area contributed by atoms with E-state index in [-0.39, 0.29) is 6.61 Å². The average Bonchev–Trinajstić information content (AvgIpc) is 3.41. The van der Waals surface area contributed by atoms with Crippen molar-refractivity contribution in [3.05, 3.63) is 82.1 Å². The summed E-state index contributed by atoms with van der Waals surface area (Å²) >= 11 is 1.46. The summed E-state index contributed by atoms with van der Waals surface area (Å²) in [5.74, 6) is 0.851. The number of carbonyl (C=O) groups excluding carboxylic acids is 1. The van der Waals surface area contributed by atoms with Crippen LogP contribution in [0.5, 0.6) is 11.5 Å². The average molecular weight is 464 g/mol. The van der Waals surface area contributed by atoms with Gasteiger partial charge in [-0.15, -0.1) is 11.3 Å². The molecule has 0 amide bonds. The molecule has 0 aliphatic heterocycles. The first-order valence-electron chi connectivity index (χ1n) is 10.4. The van der Waals surface area contributed by atoms with Crippen molar-refractivity contribution in [3.8, 4) is 22.1 Å². The molecule has 2 aromatic carbocycles. The standard InChI is InChI=1S/C25H25N3O4S/c1-16-22(17(2)28(27-16)13-18-9-6-5-7-10-18)25(29)32-14-19-15-33-24(26-19)20-11-8-12-21(30-3)23(20)31-4/h5-12,15H,13-14H2,1-4H3. The van der Waals surface area contributed by atoms with Crippen LogP contribution in [0, 0.1) is 13.8 Å². The molecule has 0 aliphatic rings. The Morgan fingerprint density at radius 1 is 1.03 bits per heavy atom. The number of aryl methyl sites for hydroxylation is 1. The maximum atomic E-state index is 12.8. The molecule has 0 saturated carbocycles. The van der Waals surface area contributed by atoms with Crippen molar-refractivity contribution in [3.63, 3.8) is 0 Å². The molecule has 2 aromatic heterocycles. The largest absolute Gasteiger partial charge is 0.493 e. The van der Waals surface area contributed by atoms with E-state index in [1.165, 1.54) is 11.3 Å². The Hall–Kier alpha value is -3.65. The molecule has 0 saturated heterocycles. The number of esters is 1. The van der Waals surface area contributed by atoms with Gasteiger partial charge in [-0.05, 0) is 31.5 Å². The first-order chi connectivity index (χ1) is 16.0. The maximum absolute atomic E-state index is 12.8. The van der Waals surface area contributed by atoms with E-state index in [2.05, 4.69) is 10.1 Å². The smallest absolute Gasteiger partial charge is 0.342 e. The molecule has 4 rings (SSSR count). The van der Waals surface area contributed by atoms with Gasteiger partial charge in [0.15, 0.2) is 11.5 Å². The number of hydrogen-bond donors (Lipinski definition) is 0. The third kappa shape index (κ3) is 4.75. The number of ether oxygens (including phenoxy) is 3. The molecule has 2 heterocycles. The predicted molar refractivity (Wildman–Crippen MR) is 127 cm³/mol. The van der Waals surface area contributed by atoms with E-state index in [0.29, 0.717) is 35.0 Å². The van der Waals surface area contributed by atoms with Crippen LogP contribution in [0.4, 0.5) is 0 Å². The van der Waals surface area contributed by atoms with Crippen molar-refractivity contribution in [1.29, 1.82) is 0 Å². The molecule has 33 heavy (non-hydrogen) atoms. The lowest BCUT2D eigenvalue weighted by molar-refractivity contribution is 0.0466. The number of hydrogen-bond acceptors (Lipinski definition) is 7. The molecule has 7 nitrogen and oxygen atoms in total. The monoisotopic (exact) mass is 463 g/mol. The number of thiazole rings is 1. The van der Waals surface area contributed by atoms with Crippen LogP contribution in [0.15, 0.2) is 53.9 Å². The molecule has 0 bridgehead atoms. The number of benzene rings is 2. The molecule has 0 unspecified atom stereocenters. The fraction of sp³-hybridized carbons (Fsp3) is 0.240. The van der Waals surface area contributed by atoms with E-state index >= 15 is 0 Å². The molecular weight excluding hydrogens is 438 g/mol. The second kappa shape index (κ2) is 9.87. The fourth-order valence-corrected chi connectivity index (χ4v) is 4.49. The summed E-state index contributed by atoms with van der Waals surface area (Å²) in [7, 11) is 3.20. The van der Waals surface area contributed by atoms with Crippen LogP contribution in [-0.4, -0.2) is 35.0 Å². The van der Waals surface area contributed by atoms with Gasteiger partial charge in [0.2, 0.25) is 0 Å². The molecule has 4 aromatic rings. The maximum Gasteiger partial charge on any atom is 0.342 e. The molecule has 0 aliphatic carbocycles. The van der Waals surface area contributed by atoms with Crippen LogP contribution in [0.25, 0.3) is 10.6 Å². The Bertz CT molecular complexity index is 1260. The van der Waals surface area contributed by atoms with Crippen molar-refractivity contribution < 1.29 is 19.0 Å². The lowest BCUT2D eigenvalue weighted by atomic mass is 10.2. The van der Waals surface area contributed by atoms with Crippen LogP contribution < -0.4 is 9.47 Å². The highest BCUT2D eigenvalue weighted by Crippen LogP contribution is 2.39. The number of rotatable bonds is 8. The molecule has 170 valence electrons. The highest BCUT2D eigenvalue weighted by Gasteiger charge is 2.21. The lowest BCUT2D eigenvalue weighted by Crippen LogP contribution is -2.09. The third-order valence-electron chi connectivity index (χ3n) is 5.30. The minimum Gasteiger partial charge on any atom is -0.493 e. The molecule has 0 N–H and O–H groups in total. The van der Waals surface area contributed by atoms with E-state index in [9.17, 15) is 4.79 Å². The molecular formula is C25H25N3O4S. The Morgan fingerprint density at radius 2 is 1.82 bits per heavy atom. The zero-order chi connectivity index (χ0) is 23.4. The topological polar surface area (TPSA) is 75.5 Å². The highest BCUT2D eigenvalue weighted by molar-refractivity contribution is 7.13. The number of carbonyl (C=O) groups is 1. The number of para-hydroxylation sites is 1. The lowest BCUT2D eigenvalue weighted by Gasteiger charge is -2.10. The van der Waals surface area contributed by atoms with Gasteiger partial charge < -0.3 is 14.2 Å². The minimum absolute atomic E-state index is 0.0738. The van der Waals surface area contributed by atoms with Gasteiger partial charge in [0.05, 0.1) is 43.4 Å². The van der Waals surface area contributed by atoms with E-state index < -0.39 is 5.97 Å². The molecule has 0 radical (unpaired) electrons. The Balaban J connectivity index is 1.47. The van der Waals surface area contributed by atoms with Crippen molar-refractivity contribution in [2.45, 2.75) is 27.0 Å². The van der Waals surface area contributed by atoms with Crippen LogP contribution >= 0.6 is 11.3 Å². The van der Waals surface area contributed by atoms with Gasteiger partial charge in [0.1, 0.15) is 17.2 Å². The summed E-state index contributed by atoms with van der Waals surface area (Å²) in [6.45, 7) is 4.37. The van der Waals surface area contributed by atoms with Gasteiger partial charge in [-0.1, -0.05) is 36.4 Å². The molecule has 0 fully saturated rings. The number of aromatic nitrogens is 3. The quantitative estimate of drug-likeness (QED) is 0.341. The SMILES string of the molecule is COc1cccc(-c2nc(COC(=O)c3c(C)nn(Cc4ccccc4)c3C)cs2)c1OC. The van der Waals surface area contributed by atoms with E-state index in [1.807, 2.05) is 72.4 Å². The third-order valence-corrected chi connectivity index (χ3v) is 6.22. The van der Waals surface area contributed by atoms with E-state index in [0.717, 1.165) is 21.8 Å². The first kappa shape index (κ1) is 22.5. The zero-order valence-corrected chi connectivity index (χ0v) is 19.8. The van der Waals surface area contributed by atoms with E-state index in [4.69, 9.17) is 14.2 Å². The van der Waals surface area contributed by atoms with Crippen molar-refractivity contribution in [1.82, 2.24) is 14.8 Å². The summed E-state index contributed by atoms with van der Waals surface area (Å²) in [5.41, 5.74) is 4.53. The second-order valence-electron chi connectivity index (χ2n) is 7.45. The van der Waals surface area contributed by atoms with Crippen LogP contribution in [-0.2, 0) is 17.9 Å². The zero-order valence-electron chi connectivity index (χ0n) is 19.0. The number of nitrogens with zero attached hydrogens (tertiary/aromatic N) is 3. The molecule has 0 atom stereocenters. The molecule has 8 heteroatoms. The van der Waals surface area contributed by atoms with Crippen molar-refractivity contribution in [2.75, 3.05) is 14.2 Å². The van der Waals surface area contributed by atoms with E-state index in [1.54, 1.807) is 14.2 Å². The van der Waals surface area contributed by atoms with Gasteiger partial charge in [-0.25, -0.2) is 9.78 Å². The van der Waals surface area contributed by atoms with Crippen LogP contribution in [0.3, 0.4) is 0 Å². The highest BCUT2D eigenvalue weighted by atomic mass is 32.1. The van der Waals surface area contributed by atoms with Gasteiger partial charge in [-0.2, -0.15) is 5.10 Å². The van der Waals surface area contributed by atoms with Crippen LogP contribution in [0.1, 0.15) is 33.0 Å².